The van der Waals surface area contributed by atoms with Crippen molar-refractivity contribution in [2.75, 3.05) is 6.67 Å². The van der Waals surface area contributed by atoms with Gasteiger partial charge in [-0.15, -0.1) is 0 Å². The molecule has 3 N–H and O–H groups in total. The number of amides is 1. The van der Waals surface area contributed by atoms with E-state index in [9.17, 15) is 18.0 Å². The number of alkyl halides is 3. The smallest absolute Gasteiger partial charge is 0.387 e. The summed E-state index contributed by atoms with van der Waals surface area (Å²) in [6.45, 7) is -3.76. The molecule has 1 unspecified atom stereocenters. The van der Waals surface area contributed by atoms with Gasteiger partial charge in [-0.25, -0.2) is 9.38 Å². The maximum absolute atomic E-state index is 12.7. The van der Waals surface area contributed by atoms with Crippen LogP contribution in [0.1, 0.15) is 16.7 Å². The van der Waals surface area contributed by atoms with Crippen LogP contribution in [0.5, 0.6) is 5.75 Å². The first kappa shape index (κ1) is 18.3. The number of hydrogen-bond donors (Lipinski definition) is 2. The number of halogens is 3. The first-order valence-corrected chi connectivity index (χ1v) is 7.83. The third-order valence-corrected chi connectivity index (χ3v) is 3.94. The van der Waals surface area contributed by atoms with Gasteiger partial charge in [-0.1, -0.05) is 36.1 Å². The summed E-state index contributed by atoms with van der Waals surface area (Å²) in [5.41, 5.74) is 5.54. The van der Waals surface area contributed by atoms with Crippen molar-refractivity contribution < 1.29 is 22.7 Å². The van der Waals surface area contributed by atoms with Gasteiger partial charge in [0.05, 0.1) is 0 Å². The summed E-state index contributed by atoms with van der Waals surface area (Å²) < 4.78 is 41.4. The zero-order chi connectivity index (χ0) is 19.4. The van der Waals surface area contributed by atoms with Gasteiger partial charge in [-0.05, 0) is 35.4 Å². The normalized spacial score (nSPS) is 18.5. The summed E-state index contributed by atoms with van der Waals surface area (Å²) in [6.07, 6.45) is 0. The molecule has 8 heteroatoms. The van der Waals surface area contributed by atoms with Crippen LogP contribution in [0, 0.1) is 11.8 Å². The van der Waals surface area contributed by atoms with E-state index in [-0.39, 0.29) is 11.7 Å². The monoisotopic (exact) mass is 373 g/mol. The summed E-state index contributed by atoms with van der Waals surface area (Å²) in [7, 11) is 0. The lowest BCUT2D eigenvalue weighted by molar-refractivity contribution is -0.122. The first-order valence-electron chi connectivity index (χ1n) is 7.83. The van der Waals surface area contributed by atoms with Crippen molar-refractivity contribution in [3.63, 3.8) is 0 Å². The van der Waals surface area contributed by atoms with E-state index in [4.69, 9.17) is 5.73 Å². The Bertz CT molecular complexity index is 949. The molecule has 1 amide bonds. The van der Waals surface area contributed by atoms with Crippen LogP contribution in [0.25, 0.3) is 0 Å². The Morgan fingerprint density at radius 2 is 1.93 bits per heavy atom. The third-order valence-electron chi connectivity index (χ3n) is 3.94. The number of hydrogen-bond acceptors (Lipinski definition) is 4. The van der Waals surface area contributed by atoms with Crippen LogP contribution >= 0.6 is 0 Å². The third kappa shape index (κ3) is 3.58. The maximum atomic E-state index is 12.7. The Morgan fingerprint density at radius 3 is 2.52 bits per heavy atom. The van der Waals surface area contributed by atoms with Gasteiger partial charge in [-0.3, -0.25) is 10.1 Å². The Labute approximate surface area is 153 Å². The quantitative estimate of drug-likeness (QED) is 0.808. The molecule has 1 aliphatic heterocycles. The van der Waals surface area contributed by atoms with Crippen LogP contribution < -0.4 is 15.8 Å². The molecule has 2 aromatic carbocycles. The predicted molar refractivity (Wildman–Crippen MR) is 92.9 cm³/mol. The number of rotatable bonds is 4. The molecule has 1 atom stereocenters. The zero-order valence-corrected chi connectivity index (χ0v) is 13.9. The standard InChI is InChI=1S/C19H14F3N3O2/c20-10-2-4-12-3-1-5-14(11-12)19(16(26)24-18(23)25-19)13-6-8-15(9-7-13)27-17(21)22/h1,3,5-9,11,17H,10H2,(H3,23,24,25,26). The van der Waals surface area contributed by atoms with Crippen molar-refractivity contribution in [1.82, 2.24) is 5.32 Å². The second kappa shape index (κ2) is 7.41. The summed E-state index contributed by atoms with van der Waals surface area (Å²) in [6, 6.07) is 12.1. The van der Waals surface area contributed by atoms with Crippen molar-refractivity contribution >= 4 is 11.9 Å². The van der Waals surface area contributed by atoms with E-state index in [1.807, 2.05) is 0 Å². The number of nitrogens with one attached hydrogen (secondary N) is 1. The second-order valence-corrected chi connectivity index (χ2v) is 5.58. The van der Waals surface area contributed by atoms with Gasteiger partial charge in [0.1, 0.15) is 5.75 Å². The highest BCUT2D eigenvalue weighted by atomic mass is 19.3. The van der Waals surface area contributed by atoms with Gasteiger partial charge < -0.3 is 10.5 Å². The van der Waals surface area contributed by atoms with Gasteiger partial charge in [0.2, 0.25) is 0 Å². The molecular weight excluding hydrogens is 359 g/mol. The Morgan fingerprint density at radius 1 is 1.19 bits per heavy atom. The van der Waals surface area contributed by atoms with E-state index >= 15 is 0 Å². The average Bonchev–Trinajstić information content (AvgIpc) is 2.95. The summed E-state index contributed by atoms with van der Waals surface area (Å²) >= 11 is 0. The largest absolute Gasteiger partial charge is 0.435 e. The topological polar surface area (TPSA) is 76.7 Å². The van der Waals surface area contributed by atoms with Crippen molar-refractivity contribution in [2.24, 2.45) is 10.7 Å². The fourth-order valence-corrected chi connectivity index (χ4v) is 2.86. The predicted octanol–water partition coefficient (Wildman–Crippen LogP) is 2.30. The lowest BCUT2D eigenvalue weighted by Crippen LogP contribution is -2.39. The van der Waals surface area contributed by atoms with Crippen LogP contribution in [0.2, 0.25) is 0 Å². The first-order chi connectivity index (χ1) is 13.0. The van der Waals surface area contributed by atoms with Crippen LogP contribution in [0.15, 0.2) is 53.5 Å². The van der Waals surface area contributed by atoms with E-state index in [0.29, 0.717) is 16.7 Å². The number of carbonyl (C=O) groups excluding carboxylic acids is 1. The average molecular weight is 373 g/mol. The van der Waals surface area contributed by atoms with Gasteiger partial charge in [-0.2, -0.15) is 8.78 Å². The molecule has 3 rings (SSSR count). The summed E-state index contributed by atoms with van der Waals surface area (Å²) in [4.78, 5) is 17.0. The summed E-state index contributed by atoms with van der Waals surface area (Å²) in [5, 5.41) is 2.46. The molecular formula is C19H14F3N3O2. The summed E-state index contributed by atoms with van der Waals surface area (Å²) in [5.74, 6) is 4.33. The molecule has 0 saturated carbocycles. The van der Waals surface area contributed by atoms with E-state index in [2.05, 4.69) is 26.9 Å². The molecule has 2 aromatic rings. The van der Waals surface area contributed by atoms with E-state index in [1.165, 1.54) is 24.3 Å². The lowest BCUT2D eigenvalue weighted by atomic mass is 9.82. The molecule has 0 bridgehead atoms. The number of carbonyl (C=O) groups is 1. The molecule has 0 spiro atoms. The number of nitrogens with two attached hydrogens (primary N) is 1. The minimum atomic E-state index is -2.96. The van der Waals surface area contributed by atoms with Crippen LogP contribution in [0.3, 0.4) is 0 Å². The molecule has 5 nitrogen and oxygen atoms in total. The zero-order valence-electron chi connectivity index (χ0n) is 13.9. The van der Waals surface area contributed by atoms with Crippen molar-refractivity contribution in [1.29, 1.82) is 0 Å². The van der Waals surface area contributed by atoms with Crippen molar-refractivity contribution in [3.8, 4) is 17.6 Å². The maximum Gasteiger partial charge on any atom is 0.387 e. The van der Waals surface area contributed by atoms with Gasteiger partial charge in [0, 0.05) is 5.56 Å². The number of benzene rings is 2. The van der Waals surface area contributed by atoms with E-state index in [0.717, 1.165) is 0 Å². The molecule has 0 radical (unpaired) electrons. The van der Waals surface area contributed by atoms with E-state index in [1.54, 1.807) is 24.3 Å². The van der Waals surface area contributed by atoms with Crippen LogP contribution in [0.4, 0.5) is 13.2 Å². The highest BCUT2D eigenvalue weighted by Gasteiger charge is 2.46. The highest BCUT2D eigenvalue weighted by molar-refractivity contribution is 6.09. The fourth-order valence-electron chi connectivity index (χ4n) is 2.86. The fraction of sp³-hybridized carbons (Fsp3) is 0.158. The Balaban J connectivity index is 2.11. The molecule has 1 aliphatic rings. The highest BCUT2D eigenvalue weighted by Crippen LogP contribution is 2.37. The van der Waals surface area contributed by atoms with Gasteiger partial charge in [0.25, 0.3) is 5.91 Å². The van der Waals surface area contributed by atoms with Gasteiger partial charge >= 0.3 is 6.61 Å². The second-order valence-electron chi connectivity index (χ2n) is 5.58. The van der Waals surface area contributed by atoms with E-state index < -0.39 is 24.7 Å². The van der Waals surface area contributed by atoms with Crippen LogP contribution in [-0.2, 0) is 10.3 Å². The molecule has 0 aromatic heterocycles. The number of nitrogens with zero attached hydrogens (tertiary/aromatic N) is 1. The Kier molecular flexibility index (Phi) is 5.03. The SMILES string of the molecule is NC1=NC(c2ccc(OC(F)F)cc2)(c2cccc(C#CCF)c2)C(=O)N1. The Hall–Kier alpha value is -3.47. The van der Waals surface area contributed by atoms with Crippen molar-refractivity contribution in [3.05, 3.63) is 65.2 Å². The lowest BCUT2D eigenvalue weighted by Gasteiger charge is -2.25. The van der Waals surface area contributed by atoms with Crippen molar-refractivity contribution in [2.45, 2.75) is 12.2 Å². The number of aliphatic imine (C=N–C) groups is 1. The minimum Gasteiger partial charge on any atom is -0.435 e. The number of ether oxygens (including phenoxy) is 1. The molecule has 0 saturated heterocycles. The molecule has 0 aliphatic carbocycles. The molecule has 138 valence electrons. The minimum absolute atomic E-state index is 0.0539. The van der Waals surface area contributed by atoms with Gasteiger partial charge in [0.15, 0.2) is 18.2 Å². The molecule has 0 fully saturated rings. The molecule has 1 heterocycles. The molecule has 27 heavy (non-hydrogen) atoms. The number of guanidine groups is 1. The van der Waals surface area contributed by atoms with Crippen LogP contribution in [-0.4, -0.2) is 25.2 Å².